The van der Waals surface area contributed by atoms with Gasteiger partial charge in [0.1, 0.15) is 11.6 Å². The molecule has 0 saturated heterocycles. The van der Waals surface area contributed by atoms with Crippen molar-refractivity contribution >= 4 is 33.2 Å². The van der Waals surface area contributed by atoms with Crippen LogP contribution in [0.25, 0.3) is 10.1 Å². The van der Waals surface area contributed by atoms with Crippen LogP contribution in [0.4, 0.5) is 8.78 Å². The number of benzene rings is 2. The van der Waals surface area contributed by atoms with Gasteiger partial charge in [0, 0.05) is 10.1 Å². The summed E-state index contributed by atoms with van der Waals surface area (Å²) >= 11 is 1.16. The quantitative estimate of drug-likeness (QED) is 0.703. The zero-order valence-corrected chi connectivity index (χ0v) is 14.0. The first-order valence-corrected chi connectivity index (χ1v) is 8.28. The molecule has 2 amide bonds. The fourth-order valence-electron chi connectivity index (χ4n) is 2.49. The molecule has 1 aromatic heterocycles. The molecule has 0 aliphatic rings. The summed E-state index contributed by atoms with van der Waals surface area (Å²) < 4.78 is 27.4. The predicted molar refractivity (Wildman–Crippen MR) is 92.2 cm³/mol. The lowest BCUT2D eigenvalue weighted by Crippen LogP contribution is -2.42. The number of fused-ring (bicyclic) bond motifs is 1. The van der Waals surface area contributed by atoms with Crippen molar-refractivity contribution in [3.8, 4) is 0 Å². The molecule has 0 aliphatic carbocycles. The van der Waals surface area contributed by atoms with E-state index in [1.54, 1.807) is 19.1 Å². The molecule has 0 aliphatic heterocycles. The van der Waals surface area contributed by atoms with Crippen molar-refractivity contribution in [3.05, 3.63) is 70.1 Å². The summed E-state index contributed by atoms with van der Waals surface area (Å²) in [5.41, 5.74) is 5.79. The van der Waals surface area contributed by atoms with Crippen LogP contribution in [0.5, 0.6) is 0 Å². The Balaban J connectivity index is 1.66. The van der Waals surface area contributed by atoms with Crippen LogP contribution >= 0.6 is 11.3 Å². The lowest BCUT2D eigenvalue weighted by Gasteiger charge is -2.07. The summed E-state index contributed by atoms with van der Waals surface area (Å²) in [6, 6.07) is 10.2. The van der Waals surface area contributed by atoms with E-state index in [-0.39, 0.29) is 18.1 Å². The minimum Gasteiger partial charge on any atom is -0.273 e. The number of nitrogens with one attached hydrogen (secondary N) is 2. The van der Waals surface area contributed by atoms with E-state index in [4.69, 9.17) is 0 Å². The van der Waals surface area contributed by atoms with Crippen molar-refractivity contribution in [3.63, 3.8) is 0 Å². The molecule has 0 radical (unpaired) electrons. The molecule has 4 nitrogen and oxygen atoms in total. The van der Waals surface area contributed by atoms with Crippen LogP contribution < -0.4 is 10.9 Å². The number of hydrogen-bond acceptors (Lipinski definition) is 3. The van der Waals surface area contributed by atoms with Crippen LogP contribution in [0, 0.1) is 18.6 Å². The van der Waals surface area contributed by atoms with Crippen molar-refractivity contribution in [1.82, 2.24) is 10.9 Å². The van der Waals surface area contributed by atoms with Crippen LogP contribution in [0.1, 0.15) is 20.8 Å². The van der Waals surface area contributed by atoms with Crippen molar-refractivity contribution < 1.29 is 18.4 Å². The van der Waals surface area contributed by atoms with Gasteiger partial charge in [-0.1, -0.05) is 18.2 Å². The molecule has 1 heterocycles. The van der Waals surface area contributed by atoms with Gasteiger partial charge in [0.25, 0.3) is 5.91 Å². The van der Waals surface area contributed by atoms with Gasteiger partial charge in [-0.15, -0.1) is 11.3 Å². The highest BCUT2D eigenvalue weighted by atomic mass is 32.1. The van der Waals surface area contributed by atoms with E-state index in [2.05, 4.69) is 10.9 Å². The minimum atomic E-state index is -0.509. The number of carbonyl (C=O) groups is 2. The normalized spacial score (nSPS) is 10.7. The molecule has 0 spiro atoms. The molecule has 3 aromatic rings. The third kappa shape index (κ3) is 3.66. The Morgan fingerprint density at radius 1 is 1.04 bits per heavy atom. The summed E-state index contributed by atoms with van der Waals surface area (Å²) in [6.45, 7) is 1.66. The number of thiophene rings is 1. The first kappa shape index (κ1) is 17.0. The van der Waals surface area contributed by atoms with Crippen molar-refractivity contribution in [2.45, 2.75) is 13.3 Å². The molecule has 128 valence electrons. The maximum absolute atomic E-state index is 13.9. The van der Waals surface area contributed by atoms with Gasteiger partial charge in [0.05, 0.1) is 11.3 Å². The molecular weight excluding hydrogens is 346 g/mol. The Bertz CT molecular complexity index is 952. The Morgan fingerprint density at radius 2 is 1.76 bits per heavy atom. The molecule has 0 saturated carbocycles. The predicted octanol–water partition coefficient (Wildman–Crippen LogP) is 3.49. The van der Waals surface area contributed by atoms with Crippen LogP contribution in [0.3, 0.4) is 0 Å². The van der Waals surface area contributed by atoms with Gasteiger partial charge >= 0.3 is 0 Å². The monoisotopic (exact) mass is 360 g/mol. The zero-order chi connectivity index (χ0) is 18.0. The van der Waals surface area contributed by atoms with Gasteiger partial charge in [-0.05, 0) is 42.3 Å². The van der Waals surface area contributed by atoms with Crippen LogP contribution in [0.15, 0.2) is 42.5 Å². The Kier molecular flexibility index (Phi) is 4.76. The van der Waals surface area contributed by atoms with Gasteiger partial charge in [-0.25, -0.2) is 8.78 Å². The Morgan fingerprint density at radius 3 is 2.44 bits per heavy atom. The molecule has 0 fully saturated rings. The minimum absolute atomic E-state index is 0.000582. The number of rotatable bonds is 3. The largest absolute Gasteiger partial charge is 0.280 e. The van der Waals surface area contributed by atoms with E-state index >= 15 is 0 Å². The van der Waals surface area contributed by atoms with Gasteiger partial charge in [-0.3, -0.25) is 20.4 Å². The molecule has 3 rings (SSSR count). The highest BCUT2D eigenvalue weighted by Crippen LogP contribution is 2.32. The second-order valence-corrected chi connectivity index (χ2v) is 6.53. The van der Waals surface area contributed by atoms with E-state index in [9.17, 15) is 18.4 Å². The fraction of sp³-hybridized carbons (Fsp3) is 0.111. The number of hydrazine groups is 1. The summed E-state index contributed by atoms with van der Waals surface area (Å²) in [6.07, 6.45) is 0.000582. The first-order valence-electron chi connectivity index (χ1n) is 7.47. The number of halogens is 2. The van der Waals surface area contributed by atoms with Crippen molar-refractivity contribution in [2.75, 3.05) is 0 Å². The molecule has 2 aromatic carbocycles. The molecule has 0 atom stereocenters. The molecule has 7 heteroatoms. The average molecular weight is 360 g/mol. The van der Waals surface area contributed by atoms with E-state index in [1.165, 1.54) is 30.3 Å². The van der Waals surface area contributed by atoms with Crippen LogP contribution in [-0.2, 0) is 11.2 Å². The maximum atomic E-state index is 13.9. The number of amides is 2. The highest BCUT2D eigenvalue weighted by Gasteiger charge is 2.18. The van der Waals surface area contributed by atoms with Gasteiger partial charge < -0.3 is 0 Å². The van der Waals surface area contributed by atoms with E-state index in [1.807, 2.05) is 0 Å². The topological polar surface area (TPSA) is 58.2 Å². The van der Waals surface area contributed by atoms with E-state index in [0.29, 0.717) is 26.1 Å². The lowest BCUT2D eigenvalue weighted by molar-refractivity contribution is -0.121. The standard InChI is InChI=1S/C18H14F2N2O2S/c1-10-16-13(20)3-2-4-14(16)25-17(10)18(24)22-21-15(23)9-11-5-7-12(19)8-6-11/h2-8H,9H2,1H3,(H,21,23)(H,22,24). The van der Waals surface area contributed by atoms with E-state index in [0.717, 1.165) is 11.3 Å². The molecule has 25 heavy (non-hydrogen) atoms. The molecular formula is C18H14F2N2O2S. The zero-order valence-electron chi connectivity index (χ0n) is 13.2. The Hall–Kier alpha value is -2.80. The second kappa shape index (κ2) is 6.98. The molecule has 2 N–H and O–H groups in total. The van der Waals surface area contributed by atoms with Gasteiger partial charge in [-0.2, -0.15) is 0 Å². The lowest BCUT2D eigenvalue weighted by atomic mass is 10.1. The third-order valence-electron chi connectivity index (χ3n) is 3.70. The van der Waals surface area contributed by atoms with Gasteiger partial charge in [0.2, 0.25) is 5.91 Å². The highest BCUT2D eigenvalue weighted by molar-refractivity contribution is 7.21. The molecule has 0 unspecified atom stereocenters. The maximum Gasteiger partial charge on any atom is 0.280 e. The van der Waals surface area contributed by atoms with Gasteiger partial charge in [0.15, 0.2) is 0 Å². The summed E-state index contributed by atoms with van der Waals surface area (Å²) in [5.74, 6) is -1.72. The summed E-state index contributed by atoms with van der Waals surface area (Å²) in [5, 5.41) is 0.412. The SMILES string of the molecule is Cc1c(C(=O)NNC(=O)Cc2ccc(F)cc2)sc2cccc(F)c12. The number of carbonyl (C=O) groups excluding carboxylic acids is 2. The number of hydrogen-bond donors (Lipinski definition) is 2. The second-order valence-electron chi connectivity index (χ2n) is 5.47. The van der Waals surface area contributed by atoms with Crippen molar-refractivity contribution in [2.24, 2.45) is 0 Å². The molecule has 0 bridgehead atoms. The van der Waals surface area contributed by atoms with Crippen LogP contribution in [0.2, 0.25) is 0 Å². The summed E-state index contributed by atoms with van der Waals surface area (Å²) in [7, 11) is 0. The smallest absolute Gasteiger partial charge is 0.273 e. The van der Waals surface area contributed by atoms with E-state index < -0.39 is 11.8 Å². The first-order chi connectivity index (χ1) is 12.0. The average Bonchev–Trinajstić information content (AvgIpc) is 2.93. The van der Waals surface area contributed by atoms with Crippen LogP contribution in [-0.4, -0.2) is 11.8 Å². The Labute approximate surface area is 146 Å². The fourth-order valence-corrected chi connectivity index (χ4v) is 3.60. The third-order valence-corrected chi connectivity index (χ3v) is 4.96. The summed E-state index contributed by atoms with van der Waals surface area (Å²) in [4.78, 5) is 24.5. The number of aryl methyl sites for hydroxylation is 1. The van der Waals surface area contributed by atoms with Crippen molar-refractivity contribution in [1.29, 1.82) is 0 Å².